The number of aromatic nitrogens is 2. The summed E-state index contributed by atoms with van der Waals surface area (Å²) in [5, 5.41) is 9.59. The normalized spacial score (nSPS) is 10.5. The monoisotopic (exact) mass is 338 g/mol. The van der Waals surface area contributed by atoms with Crippen molar-refractivity contribution in [2.24, 2.45) is 7.05 Å². The molecule has 0 fully saturated rings. The van der Waals surface area contributed by atoms with E-state index in [1.807, 2.05) is 24.3 Å². The first-order chi connectivity index (χ1) is 12.1. The summed E-state index contributed by atoms with van der Waals surface area (Å²) in [7, 11) is 3.23. The number of nitrogens with zero attached hydrogens (tertiary/aromatic N) is 2. The van der Waals surface area contributed by atoms with E-state index in [0.29, 0.717) is 11.4 Å². The third-order valence-electron chi connectivity index (χ3n) is 3.79. The van der Waals surface area contributed by atoms with Crippen LogP contribution in [0.25, 0.3) is 11.4 Å². The molecular formula is C19H18N2O4. The van der Waals surface area contributed by atoms with Crippen molar-refractivity contribution in [1.29, 1.82) is 0 Å². The maximum atomic E-state index is 12.5. The van der Waals surface area contributed by atoms with Crippen molar-refractivity contribution >= 4 is 0 Å². The van der Waals surface area contributed by atoms with E-state index in [-0.39, 0.29) is 23.7 Å². The lowest BCUT2D eigenvalue weighted by Crippen LogP contribution is -2.21. The Labute approximate surface area is 144 Å². The molecule has 1 aromatic heterocycles. The second-order valence-corrected chi connectivity index (χ2v) is 5.50. The molecule has 0 atom stereocenters. The van der Waals surface area contributed by atoms with E-state index in [9.17, 15) is 9.90 Å². The number of phenols is 1. The van der Waals surface area contributed by atoms with Crippen LogP contribution in [0, 0.1) is 0 Å². The second-order valence-electron chi connectivity index (χ2n) is 5.50. The molecule has 0 spiro atoms. The lowest BCUT2D eigenvalue weighted by atomic mass is 10.2. The fourth-order valence-corrected chi connectivity index (χ4v) is 2.42. The lowest BCUT2D eigenvalue weighted by molar-refractivity contribution is 0.298. The number of rotatable bonds is 5. The average molecular weight is 338 g/mol. The zero-order valence-electron chi connectivity index (χ0n) is 14.0. The van der Waals surface area contributed by atoms with Crippen LogP contribution >= 0.6 is 0 Å². The van der Waals surface area contributed by atoms with Crippen molar-refractivity contribution in [1.82, 2.24) is 9.55 Å². The highest BCUT2D eigenvalue weighted by molar-refractivity contribution is 5.57. The van der Waals surface area contributed by atoms with Gasteiger partial charge in [-0.25, -0.2) is 4.98 Å². The molecular weight excluding hydrogens is 320 g/mol. The number of methoxy groups -OCH3 is 1. The third kappa shape index (κ3) is 3.63. The molecule has 0 saturated heterocycles. The standard InChI is InChI=1S/C19H18N2O4/c1-21-18(14-4-3-5-15(22)10-14)20-11-17(19(21)23)25-12-13-6-8-16(24-2)9-7-13/h3-11,22H,12H2,1-2H3. The van der Waals surface area contributed by atoms with Gasteiger partial charge in [-0.3, -0.25) is 9.36 Å². The first-order valence-corrected chi connectivity index (χ1v) is 7.69. The molecule has 3 aromatic rings. The first kappa shape index (κ1) is 16.6. The molecule has 0 bridgehead atoms. The summed E-state index contributed by atoms with van der Waals surface area (Å²) in [4.78, 5) is 16.8. The van der Waals surface area contributed by atoms with Crippen LogP contribution in [-0.4, -0.2) is 21.8 Å². The molecule has 6 nitrogen and oxygen atoms in total. The van der Waals surface area contributed by atoms with Gasteiger partial charge in [0.15, 0.2) is 0 Å². The van der Waals surface area contributed by atoms with Crippen LogP contribution in [0.1, 0.15) is 5.56 Å². The first-order valence-electron chi connectivity index (χ1n) is 7.69. The summed E-state index contributed by atoms with van der Waals surface area (Å²) in [6.07, 6.45) is 1.41. The van der Waals surface area contributed by atoms with E-state index in [0.717, 1.165) is 11.3 Å². The van der Waals surface area contributed by atoms with Gasteiger partial charge < -0.3 is 14.6 Å². The molecule has 0 aliphatic rings. The van der Waals surface area contributed by atoms with E-state index in [1.165, 1.54) is 10.8 Å². The predicted octanol–water partition coefficient (Wildman–Crippen LogP) is 2.74. The summed E-state index contributed by atoms with van der Waals surface area (Å²) < 4.78 is 12.1. The molecule has 2 aromatic carbocycles. The van der Waals surface area contributed by atoms with Crippen LogP contribution in [0.4, 0.5) is 0 Å². The molecule has 0 amide bonds. The lowest BCUT2D eigenvalue weighted by Gasteiger charge is -2.11. The van der Waals surface area contributed by atoms with E-state index < -0.39 is 0 Å². The summed E-state index contributed by atoms with van der Waals surface area (Å²) in [6, 6.07) is 14.0. The molecule has 128 valence electrons. The van der Waals surface area contributed by atoms with Crippen molar-refractivity contribution in [3.05, 3.63) is 70.6 Å². The maximum absolute atomic E-state index is 12.5. The van der Waals surface area contributed by atoms with Crippen LogP contribution < -0.4 is 15.0 Å². The van der Waals surface area contributed by atoms with Crippen molar-refractivity contribution in [2.75, 3.05) is 7.11 Å². The summed E-state index contributed by atoms with van der Waals surface area (Å²) in [5.41, 5.74) is 1.28. The quantitative estimate of drug-likeness (QED) is 0.774. The van der Waals surface area contributed by atoms with Crippen LogP contribution in [0.2, 0.25) is 0 Å². The van der Waals surface area contributed by atoms with Gasteiger partial charge in [-0.2, -0.15) is 0 Å². The highest BCUT2D eigenvalue weighted by Crippen LogP contribution is 2.21. The number of aromatic hydroxyl groups is 1. The fraction of sp³-hybridized carbons (Fsp3) is 0.158. The minimum Gasteiger partial charge on any atom is -0.508 e. The topological polar surface area (TPSA) is 73.6 Å². The van der Waals surface area contributed by atoms with Gasteiger partial charge in [0.2, 0.25) is 5.75 Å². The Balaban J connectivity index is 1.81. The number of ether oxygens (including phenoxy) is 2. The predicted molar refractivity (Wildman–Crippen MR) is 93.9 cm³/mol. The Morgan fingerprint density at radius 1 is 1.16 bits per heavy atom. The van der Waals surface area contributed by atoms with Crippen molar-refractivity contribution in [2.45, 2.75) is 6.61 Å². The Morgan fingerprint density at radius 3 is 2.60 bits per heavy atom. The van der Waals surface area contributed by atoms with Crippen molar-refractivity contribution in [3.8, 4) is 28.6 Å². The summed E-state index contributed by atoms with van der Waals surface area (Å²) in [5.74, 6) is 1.50. The Kier molecular flexibility index (Phi) is 4.70. The van der Waals surface area contributed by atoms with Crippen molar-refractivity contribution in [3.63, 3.8) is 0 Å². The van der Waals surface area contributed by atoms with Gasteiger partial charge in [0.25, 0.3) is 5.56 Å². The molecule has 0 aliphatic heterocycles. The van der Waals surface area contributed by atoms with Gasteiger partial charge in [0, 0.05) is 12.6 Å². The highest BCUT2D eigenvalue weighted by atomic mass is 16.5. The van der Waals surface area contributed by atoms with E-state index in [4.69, 9.17) is 9.47 Å². The highest BCUT2D eigenvalue weighted by Gasteiger charge is 2.11. The minimum absolute atomic E-state index is 0.117. The van der Waals surface area contributed by atoms with Gasteiger partial charge in [-0.05, 0) is 29.8 Å². The molecule has 25 heavy (non-hydrogen) atoms. The summed E-state index contributed by atoms with van der Waals surface area (Å²) in [6.45, 7) is 0.256. The Morgan fingerprint density at radius 2 is 1.92 bits per heavy atom. The summed E-state index contributed by atoms with van der Waals surface area (Å²) >= 11 is 0. The van der Waals surface area contributed by atoms with Gasteiger partial charge >= 0.3 is 0 Å². The van der Waals surface area contributed by atoms with Crippen LogP contribution in [0.3, 0.4) is 0 Å². The molecule has 0 saturated carbocycles. The Hall–Kier alpha value is -3.28. The molecule has 1 heterocycles. The zero-order chi connectivity index (χ0) is 17.8. The van der Waals surface area contributed by atoms with Gasteiger partial charge in [-0.1, -0.05) is 24.3 Å². The maximum Gasteiger partial charge on any atom is 0.295 e. The van der Waals surface area contributed by atoms with E-state index >= 15 is 0 Å². The zero-order valence-corrected chi connectivity index (χ0v) is 14.0. The average Bonchev–Trinajstić information content (AvgIpc) is 2.63. The smallest absolute Gasteiger partial charge is 0.295 e. The molecule has 1 N–H and O–H groups in total. The number of phenolic OH excluding ortho intramolecular Hbond substituents is 1. The molecule has 6 heteroatoms. The third-order valence-corrected chi connectivity index (χ3v) is 3.79. The minimum atomic E-state index is -0.290. The van der Waals surface area contributed by atoms with Crippen molar-refractivity contribution < 1.29 is 14.6 Å². The molecule has 0 aliphatic carbocycles. The van der Waals surface area contributed by atoms with E-state index in [2.05, 4.69) is 4.98 Å². The van der Waals surface area contributed by atoms with Crippen LogP contribution in [0.15, 0.2) is 59.5 Å². The largest absolute Gasteiger partial charge is 0.508 e. The number of benzene rings is 2. The Bertz CT molecular complexity index is 933. The van der Waals surface area contributed by atoms with E-state index in [1.54, 1.807) is 38.4 Å². The number of hydrogen-bond donors (Lipinski definition) is 1. The second kappa shape index (κ2) is 7.09. The molecule has 0 unspecified atom stereocenters. The fourth-order valence-electron chi connectivity index (χ4n) is 2.42. The molecule has 3 rings (SSSR count). The number of hydrogen-bond acceptors (Lipinski definition) is 5. The molecule has 0 radical (unpaired) electrons. The van der Waals surface area contributed by atoms with Gasteiger partial charge in [0.1, 0.15) is 23.9 Å². The SMILES string of the molecule is COc1ccc(COc2cnc(-c3cccc(O)c3)n(C)c2=O)cc1. The van der Waals surface area contributed by atoms with Gasteiger partial charge in [0.05, 0.1) is 13.3 Å². The van der Waals surface area contributed by atoms with Crippen LogP contribution in [0.5, 0.6) is 17.2 Å². The van der Waals surface area contributed by atoms with Crippen LogP contribution in [-0.2, 0) is 13.7 Å². The van der Waals surface area contributed by atoms with Gasteiger partial charge in [-0.15, -0.1) is 0 Å².